The first kappa shape index (κ1) is 12.5. The van der Waals surface area contributed by atoms with Crippen LogP contribution in [0.5, 0.6) is 5.75 Å². The highest BCUT2D eigenvalue weighted by molar-refractivity contribution is 5.84. The second kappa shape index (κ2) is 5.25. The number of rotatable bonds is 3. The minimum Gasteiger partial charge on any atom is -0.497 e. The van der Waals surface area contributed by atoms with Gasteiger partial charge in [-0.15, -0.1) is 0 Å². The lowest BCUT2D eigenvalue weighted by Gasteiger charge is -2.28. The summed E-state index contributed by atoms with van der Waals surface area (Å²) >= 11 is 0. The molecule has 1 fully saturated rings. The number of aromatic nitrogens is 1. The molecule has 102 valence electrons. The molecular formula is C16H22N2O. The molecule has 19 heavy (non-hydrogen) atoms. The lowest BCUT2D eigenvalue weighted by molar-refractivity contribution is 0.307. The molecule has 0 spiro atoms. The van der Waals surface area contributed by atoms with Crippen molar-refractivity contribution in [1.29, 1.82) is 0 Å². The Balaban J connectivity index is 1.84. The standard InChI is InChI=1S/C16H22N2O/c1-19-13-6-7-14-12(10-18-16(14)9-13)8-11-4-2-3-5-15(11)17/h6-7,9-11,15,18H,2-5,8,17H2,1H3. The summed E-state index contributed by atoms with van der Waals surface area (Å²) in [7, 11) is 1.70. The van der Waals surface area contributed by atoms with Gasteiger partial charge in [-0.05, 0) is 42.9 Å². The molecule has 3 N–H and O–H groups in total. The van der Waals surface area contributed by atoms with Crippen molar-refractivity contribution in [2.24, 2.45) is 11.7 Å². The lowest BCUT2D eigenvalue weighted by atomic mass is 9.81. The van der Waals surface area contributed by atoms with Crippen LogP contribution >= 0.6 is 0 Å². The zero-order valence-corrected chi connectivity index (χ0v) is 11.5. The topological polar surface area (TPSA) is 51.0 Å². The van der Waals surface area contributed by atoms with E-state index in [1.54, 1.807) is 7.11 Å². The Morgan fingerprint density at radius 2 is 2.16 bits per heavy atom. The number of hydrogen-bond donors (Lipinski definition) is 2. The fourth-order valence-corrected chi connectivity index (χ4v) is 3.23. The molecule has 0 saturated heterocycles. The van der Waals surface area contributed by atoms with Crippen molar-refractivity contribution in [2.45, 2.75) is 38.1 Å². The second-order valence-corrected chi connectivity index (χ2v) is 5.64. The van der Waals surface area contributed by atoms with Gasteiger partial charge in [0.15, 0.2) is 0 Å². The van der Waals surface area contributed by atoms with Gasteiger partial charge >= 0.3 is 0 Å². The van der Waals surface area contributed by atoms with Crippen molar-refractivity contribution < 1.29 is 4.74 Å². The van der Waals surface area contributed by atoms with Crippen molar-refractivity contribution in [3.05, 3.63) is 30.0 Å². The number of ether oxygens (including phenoxy) is 1. The molecule has 1 aliphatic rings. The van der Waals surface area contributed by atoms with Gasteiger partial charge in [0.05, 0.1) is 7.11 Å². The van der Waals surface area contributed by atoms with Gasteiger partial charge in [0, 0.05) is 29.2 Å². The summed E-state index contributed by atoms with van der Waals surface area (Å²) in [5.74, 6) is 1.53. The van der Waals surface area contributed by atoms with Crippen LogP contribution in [-0.4, -0.2) is 18.1 Å². The van der Waals surface area contributed by atoms with Gasteiger partial charge in [0.2, 0.25) is 0 Å². The first-order valence-corrected chi connectivity index (χ1v) is 7.17. The zero-order chi connectivity index (χ0) is 13.2. The SMILES string of the molecule is COc1ccc2c(CC3CCCCC3N)c[nH]c2c1. The molecule has 1 heterocycles. The average Bonchev–Trinajstić information content (AvgIpc) is 2.83. The van der Waals surface area contributed by atoms with Crippen LogP contribution in [0, 0.1) is 5.92 Å². The predicted octanol–water partition coefficient (Wildman–Crippen LogP) is 3.24. The van der Waals surface area contributed by atoms with Gasteiger partial charge < -0.3 is 15.5 Å². The number of hydrogen-bond acceptors (Lipinski definition) is 2. The Kier molecular flexibility index (Phi) is 3.47. The van der Waals surface area contributed by atoms with Gasteiger partial charge in [-0.1, -0.05) is 12.8 Å². The van der Waals surface area contributed by atoms with Crippen LogP contribution in [-0.2, 0) is 6.42 Å². The van der Waals surface area contributed by atoms with Gasteiger partial charge in [0.25, 0.3) is 0 Å². The molecule has 3 rings (SSSR count). The number of methoxy groups -OCH3 is 1. The number of nitrogens with two attached hydrogens (primary N) is 1. The molecule has 2 aromatic rings. The number of benzene rings is 1. The molecule has 0 aliphatic heterocycles. The van der Waals surface area contributed by atoms with Gasteiger partial charge in [-0.25, -0.2) is 0 Å². The number of fused-ring (bicyclic) bond motifs is 1. The fraction of sp³-hybridized carbons (Fsp3) is 0.500. The highest BCUT2D eigenvalue weighted by Gasteiger charge is 2.22. The number of nitrogens with one attached hydrogen (secondary N) is 1. The Hall–Kier alpha value is -1.48. The summed E-state index contributed by atoms with van der Waals surface area (Å²) in [4.78, 5) is 3.35. The number of H-pyrrole nitrogens is 1. The van der Waals surface area contributed by atoms with Crippen molar-refractivity contribution in [3.63, 3.8) is 0 Å². The molecule has 2 atom stereocenters. The largest absolute Gasteiger partial charge is 0.497 e. The predicted molar refractivity (Wildman–Crippen MR) is 78.5 cm³/mol. The molecule has 1 aromatic heterocycles. The Bertz CT molecular complexity index is 561. The monoisotopic (exact) mass is 258 g/mol. The van der Waals surface area contributed by atoms with E-state index in [4.69, 9.17) is 10.5 Å². The quantitative estimate of drug-likeness (QED) is 0.888. The summed E-state index contributed by atoms with van der Waals surface area (Å²) in [5, 5.41) is 1.30. The molecule has 1 aliphatic carbocycles. The Morgan fingerprint density at radius 1 is 1.32 bits per heavy atom. The van der Waals surface area contributed by atoms with E-state index in [9.17, 15) is 0 Å². The van der Waals surface area contributed by atoms with Crippen LogP contribution < -0.4 is 10.5 Å². The molecule has 1 saturated carbocycles. The van der Waals surface area contributed by atoms with Crippen LogP contribution in [0.3, 0.4) is 0 Å². The molecular weight excluding hydrogens is 236 g/mol. The minimum absolute atomic E-state index is 0.372. The van der Waals surface area contributed by atoms with Crippen molar-refractivity contribution in [1.82, 2.24) is 4.98 Å². The highest BCUT2D eigenvalue weighted by atomic mass is 16.5. The van der Waals surface area contributed by atoms with Crippen molar-refractivity contribution >= 4 is 10.9 Å². The van der Waals surface area contributed by atoms with Gasteiger partial charge in [-0.3, -0.25) is 0 Å². The first-order chi connectivity index (χ1) is 9.28. The van der Waals surface area contributed by atoms with Crippen molar-refractivity contribution in [2.75, 3.05) is 7.11 Å². The van der Waals surface area contributed by atoms with E-state index in [2.05, 4.69) is 23.3 Å². The molecule has 3 heteroatoms. The lowest BCUT2D eigenvalue weighted by Crippen LogP contribution is -2.34. The van der Waals surface area contributed by atoms with Crippen LogP contribution in [0.15, 0.2) is 24.4 Å². The normalized spacial score (nSPS) is 23.7. The molecule has 0 radical (unpaired) electrons. The van der Waals surface area contributed by atoms with Crippen LogP contribution in [0.25, 0.3) is 10.9 Å². The third kappa shape index (κ3) is 2.47. The van der Waals surface area contributed by atoms with Gasteiger partial charge in [0.1, 0.15) is 5.75 Å². The van der Waals surface area contributed by atoms with Crippen molar-refractivity contribution in [3.8, 4) is 5.75 Å². The zero-order valence-electron chi connectivity index (χ0n) is 11.5. The molecule has 0 bridgehead atoms. The molecule has 3 nitrogen and oxygen atoms in total. The molecule has 2 unspecified atom stereocenters. The summed E-state index contributed by atoms with van der Waals surface area (Å²) in [6.45, 7) is 0. The summed E-state index contributed by atoms with van der Waals surface area (Å²) in [5.41, 5.74) is 8.80. The van der Waals surface area contributed by atoms with Gasteiger partial charge in [-0.2, -0.15) is 0 Å². The average molecular weight is 258 g/mol. The maximum Gasteiger partial charge on any atom is 0.120 e. The van der Waals surface area contributed by atoms with E-state index in [-0.39, 0.29) is 0 Å². The number of aromatic amines is 1. The smallest absolute Gasteiger partial charge is 0.120 e. The van der Waals surface area contributed by atoms with Crippen LogP contribution in [0.2, 0.25) is 0 Å². The third-order valence-corrected chi connectivity index (χ3v) is 4.42. The van der Waals surface area contributed by atoms with E-state index in [0.29, 0.717) is 12.0 Å². The maximum absolute atomic E-state index is 6.26. The maximum atomic E-state index is 6.26. The van der Waals surface area contributed by atoms with E-state index in [0.717, 1.165) is 17.7 Å². The van der Waals surface area contributed by atoms with E-state index < -0.39 is 0 Å². The van der Waals surface area contributed by atoms with E-state index in [1.165, 1.54) is 36.6 Å². The summed E-state index contributed by atoms with van der Waals surface area (Å²) < 4.78 is 5.26. The molecule has 1 aromatic carbocycles. The highest BCUT2D eigenvalue weighted by Crippen LogP contribution is 2.30. The Morgan fingerprint density at radius 3 is 2.95 bits per heavy atom. The summed E-state index contributed by atoms with van der Waals surface area (Å²) in [6, 6.07) is 6.60. The third-order valence-electron chi connectivity index (χ3n) is 4.42. The Labute approximate surface area is 114 Å². The second-order valence-electron chi connectivity index (χ2n) is 5.64. The molecule has 0 amide bonds. The minimum atomic E-state index is 0.372. The first-order valence-electron chi connectivity index (χ1n) is 7.17. The van der Waals surface area contributed by atoms with E-state index >= 15 is 0 Å². The van der Waals surface area contributed by atoms with E-state index in [1.807, 2.05) is 6.07 Å². The fourth-order valence-electron chi connectivity index (χ4n) is 3.23. The summed E-state index contributed by atoms with van der Waals surface area (Å²) in [6.07, 6.45) is 8.29. The van der Waals surface area contributed by atoms with Crippen LogP contribution in [0.1, 0.15) is 31.2 Å². The van der Waals surface area contributed by atoms with Crippen LogP contribution in [0.4, 0.5) is 0 Å².